The summed E-state index contributed by atoms with van der Waals surface area (Å²) in [6, 6.07) is 14.2. The second-order valence-corrected chi connectivity index (χ2v) is 12.2. The summed E-state index contributed by atoms with van der Waals surface area (Å²) in [6.07, 6.45) is 2.61. The van der Waals surface area contributed by atoms with Crippen LogP contribution in [0.5, 0.6) is 5.75 Å². The molecule has 9 nitrogen and oxygen atoms in total. The van der Waals surface area contributed by atoms with Gasteiger partial charge in [-0.3, -0.25) is 9.59 Å². The molecule has 3 heterocycles. The number of carbonyl (C=O) groups excluding carboxylic acids is 2. The van der Waals surface area contributed by atoms with Crippen molar-refractivity contribution in [1.29, 1.82) is 0 Å². The van der Waals surface area contributed by atoms with Crippen molar-refractivity contribution in [3.8, 4) is 5.75 Å². The number of carbonyl (C=O) groups is 2. The Kier molecular flexibility index (Phi) is 6.78. The number of anilines is 2. The summed E-state index contributed by atoms with van der Waals surface area (Å²) < 4.78 is 38.9. The number of methoxy groups -OCH3 is 1. The van der Waals surface area contributed by atoms with E-state index in [9.17, 15) is 18.0 Å². The van der Waals surface area contributed by atoms with Gasteiger partial charge in [-0.1, -0.05) is 12.1 Å². The van der Waals surface area contributed by atoms with Gasteiger partial charge in [0.2, 0.25) is 15.9 Å². The number of nitrogens with one attached hydrogen (secondary N) is 1. The Morgan fingerprint density at radius 3 is 2.90 bits per heavy atom. The molecule has 3 aromatic carbocycles. The van der Waals surface area contributed by atoms with Gasteiger partial charge in [-0.25, -0.2) is 8.42 Å². The van der Waals surface area contributed by atoms with Crippen molar-refractivity contribution in [1.82, 2.24) is 4.31 Å². The van der Waals surface area contributed by atoms with Crippen LogP contribution in [-0.2, 0) is 26.0 Å². The molecule has 3 aliphatic rings. The number of fused-ring (bicyclic) bond motifs is 1. The molecule has 3 aromatic rings. The lowest BCUT2D eigenvalue weighted by Gasteiger charge is -2.31. The van der Waals surface area contributed by atoms with Crippen LogP contribution in [0.25, 0.3) is 10.8 Å². The molecule has 0 saturated carbocycles. The summed E-state index contributed by atoms with van der Waals surface area (Å²) >= 11 is 0. The number of hydrogen-bond donors (Lipinski definition) is 1. The van der Waals surface area contributed by atoms with E-state index in [1.165, 1.54) is 4.31 Å². The van der Waals surface area contributed by atoms with E-state index in [1.807, 2.05) is 30.3 Å². The van der Waals surface area contributed by atoms with Gasteiger partial charge in [-0.15, -0.1) is 0 Å². The number of hydrogen-bond acceptors (Lipinski definition) is 6. The van der Waals surface area contributed by atoms with Crippen molar-refractivity contribution in [2.75, 3.05) is 50.2 Å². The predicted octanol–water partition coefficient (Wildman–Crippen LogP) is 3.81. The van der Waals surface area contributed by atoms with Gasteiger partial charge in [0.1, 0.15) is 5.75 Å². The zero-order chi connectivity index (χ0) is 27.1. The van der Waals surface area contributed by atoms with Crippen LogP contribution in [0.2, 0.25) is 0 Å². The van der Waals surface area contributed by atoms with Crippen molar-refractivity contribution in [3.63, 3.8) is 0 Å². The van der Waals surface area contributed by atoms with Crippen LogP contribution in [0.3, 0.4) is 0 Å². The minimum absolute atomic E-state index is 0.0542. The van der Waals surface area contributed by atoms with Gasteiger partial charge in [0, 0.05) is 61.8 Å². The van der Waals surface area contributed by atoms with E-state index in [0.29, 0.717) is 56.8 Å². The van der Waals surface area contributed by atoms with Gasteiger partial charge < -0.3 is 19.7 Å². The smallest absolute Gasteiger partial charge is 0.258 e. The first-order valence-electron chi connectivity index (χ1n) is 13.3. The number of piperidine rings is 1. The standard InChI is InChI=1S/C29H31N3O6S/c1-37-15-4-14-32-25-10-9-24(22-6-2-7-23(27(22)25)29(32)34)30-28(33)20-5-3-13-31(18-20)39(35,36)21-8-11-26-19(17-21)12-16-38-26/h2,6-11,17,20H,3-5,12-16,18H2,1H3,(H,30,33). The van der Waals surface area contributed by atoms with Gasteiger partial charge >= 0.3 is 0 Å². The molecule has 6 rings (SSSR count). The van der Waals surface area contributed by atoms with E-state index in [4.69, 9.17) is 9.47 Å². The number of sulfonamides is 1. The number of amides is 2. The lowest BCUT2D eigenvalue weighted by molar-refractivity contribution is -0.120. The molecule has 0 radical (unpaired) electrons. The molecule has 1 atom stereocenters. The molecule has 3 aliphatic heterocycles. The summed E-state index contributed by atoms with van der Waals surface area (Å²) in [7, 11) is -2.10. The molecule has 0 spiro atoms. The summed E-state index contributed by atoms with van der Waals surface area (Å²) in [5.41, 5.74) is 2.95. The fourth-order valence-corrected chi connectivity index (χ4v) is 7.40. The Bertz CT molecular complexity index is 1570. The predicted molar refractivity (Wildman–Crippen MR) is 148 cm³/mol. The van der Waals surface area contributed by atoms with Crippen LogP contribution < -0.4 is 15.0 Å². The summed E-state index contributed by atoms with van der Waals surface area (Å²) in [5, 5.41) is 4.66. The third-order valence-electron chi connectivity index (χ3n) is 7.83. The Hall–Kier alpha value is -3.47. The fraction of sp³-hybridized carbons (Fsp3) is 0.379. The van der Waals surface area contributed by atoms with E-state index in [0.717, 1.165) is 34.2 Å². The summed E-state index contributed by atoms with van der Waals surface area (Å²) in [6.45, 7) is 2.16. The van der Waals surface area contributed by atoms with Crippen molar-refractivity contribution in [2.45, 2.75) is 30.6 Å². The molecule has 39 heavy (non-hydrogen) atoms. The molecule has 0 aromatic heterocycles. The lowest BCUT2D eigenvalue weighted by Crippen LogP contribution is -2.43. The normalized spacial score (nSPS) is 18.8. The van der Waals surface area contributed by atoms with Crippen LogP contribution >= 0.6 is 0 Å². The van der Waals surface area contributed by atoms with Crippen LogP contribution in [0.15, 0.2) is 53.4 Å². The van der Waals surface area contributed by atoms with Crippen LogP contribution in [0.4, 0.5) is 11.4 Å². The van der Waals surface area contributed by atoms with Gasteiger partial charge in [0.05, 0.1) is 23.1 Å². The first-order valence-corrected chi connectivity index (χ1v) is 14.8. The monoisotopic (exact) mass is 549 g/mol. The maximum absolute atomic E-state index is 13.4. The topological polar surface area (TPSA) is 105 Å². The average Bonchev–Trinajstić information content (AvgIpc) is 3.53. The second-order valence-electron chi connectivity index (χ2n) is 10.2. The maximum atomic E-state index is 13.4. The Morgan fingerprint density at radius 2 is 2.05 bits per heavy atom. The van der Waals surface area contributed by atoms with E-state index >= 15 is 0 Å². The number of ether oxygens (including phenoxy) is 2. The molecule has 10 heteroatoms. The highest BCUT2D eigenvalue weighted by Gasteiger charge is 2.35. The minimum Gasteiger partial charge on any atom is -0.493 e. The molecule has 1 unspecified atom stereocenters. The molecular weight excluding hydrogens is 518 g/mol. The number of nitrogens with zero attached hydrogens (tertiary/aromatic N) is 2. The van der Waals surface area contributed by atoms with Crippen LogP contribution in [-0.4, -0.2) is 64.5 Å². The molecule has 1 fully saturated rings. The van der Waals surface area contributed by atoms with Gasteiger partial charge in [0.25, 0.3) is 5.91 Å². The second kappa shape index (κ2) is 10.3. The zero-order valence-corrected chi connectivity index (χ0v) is 22.6. The Balaban J connectivity index is 1.21. The number of benzene rings is 3. The van der Waals surface area contributed by atoms with E-state index in [2.05, 4.69) is 5.32 Å². The third-order valence-corrected chi connectivity index (χ3v) is 9.69. The van der Waals surface area contributed by atoms with Crippen molar-refractivity contribution < 1.29 is 27.5 Å². The highest BCUT2D eigenvalue weighted by molar-refractivity contribution is 7.89. The zero-order valence-electron chi connectivity index (χ0n) is 21.8. The van der Waals surface area contributed by atoms with Crippen molar-refractivity contribution in [3.05, 3.63) is 59.7 Å². The Labute approximate surface area is 227 Å². The highest BCUT2D eigenvalue weighted by Crippen LogP contribution is 2.41. The van der Waals surface area contributed by atoms with Crippen LogP contribution in [0, 0.1) is 5.92 Å². The fourth-order valence-electron chi connectivity index (χ4n) is 5.83. The molecule has 204 valence electrons. The largest absolute Gasteiger partial charge is 0.493 e. The van der Waals surface area contributed by atoms with E-state index < -0.39 is 15.9 Å². The van der Waals surface area contributed by atoms with E-state index in [-0.39, 0.29) is 23.3 Å². The molecule has 1 N–H and O–H groups in total. The van der Waals surface area contributed by atoms with E-state index in [1.54, 1.807) is 30.2 Å². The minimum atomic E-state index is -3.74. The molecule has 2 amide bonds. The number of rotatable bonds is 8. The first-order chi connectivity index (χ1) is 18.9. The molecule has 0 aliphatic carbocycles. The molecular formula is C29H31N3O6S. The Morgan fingerprint density at radius 1 is 1.18 bits per heavy atom. The van der Waals surface area contributed by atoms with Gasteiger partial charge in [-0.2, -0.15) is 4.31 Å². The van der Waals surface area contributed by atoms with Crippen molar-refractivity contribution >= 4 is 44.0 Å². The van der Waals surface area contributed by atoms with Gasteiger partial charge in [0.15, 0.2) is 0 Å². The summed E-state index contributed by atoms with van der Waals surface area (Å²) in [5.74, 6) is -0.0304. The quantitative estimate of drug-likeness (QED) is 0.429. The van der Waals surface area contributed by atoms with Crippen LogP contribution in [0.1, 0.15) is 35.2 Å². The first kappa shape index (κ1) is 25.8. The maximum Gasteiger partial charge on any atom is 0.258 e. The molecule has 1 saturated heterocycles. The summed E-state index contributed by atoms with van der Waals surface area (Å²) in [4.78, 5) is 28.5. The SMILES string of the molecule is COCCCN1C(=O)c2cccc3c(NC(=O)C4CCCN(S(=O)(=O)c5ccc6c(c5)CCO6)C4)ccc1c23. The average molecular weight is 550 g/mol. The van der Waals surface area contributed by atoms with Crippen molar-refractivity contribution in [2.24, 2.45) is 5.92 Å². The highest BCUT2D eigenvalue weighted by atomic mass is 32.2. The molecule has 0 bridgehead atoms. The van der Waals surface area contributed by atoms with Gasteiger partial charge in [-0.05, 0) is 61.2 Å². The third kappa shape index (κ3) is 4.56. The lowest BCUT2D eigenvalue weighted by atomic mass is 9.98.